The van der Waals surface area contributed by atoms with Gasteiger partial charge in [0.2, 0.25) is 5.91 Å². The number of carbonyl (C=O) groups excluding carboxylic acids is 1. The summed E-state index contributed by atoms with van der Waals surface area (Å²) in [5.74, 6) is 0.744. The van der Waals surface area contributed by atoms with Crippen LogP contribution in [0.15, 0.2) is 0 Å². The largest absolute Gasteiger partial charge is 0.374 e. The second-order valence-corrected chi connectivity index (χ2v) is 6.65. The minimum absolute atomic E-state index is 0.180. The maximum Gasteiger partial charge on any atom is 0.220 e. The summed E-state index contributed by atoms with van der Waals surface area (Å²) in [6, 6.07) is 1.33. The van der Waals surface area contributed by atoms with Crippen LogP contribution in [0.25, 0.3) is 0 Å². The Balaban J connectivity index is 1.70. The molecule has 0 aromatic heterocycles. The van der Waals surface area contributed by atoms with E-state index >= 15 is 0 Å². The van der Waals surface area contributed by atoms with Crippen molar-refractivity contribution in [2.45, 2.75) is 70.6 Å². The van der Waals surface area contributed by atoms with Gasteiger partial charge in [-0.3, -0.25) is 4.79 Å². The van der Waals surface area contributed by atoms with Gasteiger partial charge in [-0.15, -0.1) is 0 Å². The van der Waals surface area contributed by atoms with Crippen molar-refractivity contribution in [2.75, 3.05) is 13.2 Å². The number of carbonyl (C=O) groups is 1. The molecule has 110 valence electrons. The Morgan fingerprint density at radius 3 is 2.53 bits per heavy atom. The molecule has 0 saturated carbocycles. The van der Waals surface area contributed by atoms with E-state index in [4.69, 9.17) is 4.74 Å². The highest BCUT2D eigenvalue weighted by molar-refractivity contribution is 5.76. The first-order valence-corrected chi connectivity index (χ1v) is 7.65. The maximum atomic E-state index is 12.0. The standard InChI is InChI=1S/C15H28N2O2/c1-4-19-15(2,3)10-16-14(18)9-11-7-12-5-6-13(8-11)17-12/h11-13,17H,4-10H2,1-3H3,(H,16,18). The second kappa shape index (κ2) is 6.23. The number of hydrogen-bond acceptors (Lipinski definition) is 3. The van der Waals surface area contributed by atoms with Gasteiger partial charge in [-0.1, -0.05) is 0 Å². The summed E-state index contributed by atoms with van der Waals surface area (Å²) < 4.78 is 5.59. The van der Waals surface area contributed by atoms with Gasteiger partial charge in [0.05, 0.1) is 5.60 Å². The van der Waals surface area contributed by atoms with Crippen LogP contribution < -0.4 is 10.6 Å². The molecule has 0 aliphatic carbocycles. The molecule has 2 rings (SSSR count). The van der Waals surface area contributed by atoms with Crippen molar-refractivity contribution in [2.24, 2.45) is 5.92 Å². The Kier molecular flexibility index (Phi) is 4.85. The molecule has 2 bridgehead atoms. The number of amides is 1. The fourth-order valence-corrected chi connectivity index (χ4v) is 3.43. The molecule has 2 unspecified atom stereocenters. The van der Waals surface area contributed by atoms with Crippen molar-refractivity contribution in [3.05, 3.63) is 0 Å². The molecular weight excluding hydrogens is 240 g/mol. The number of fused-ring (bicyclic) bond motifs is 2. The molecule has 2 atom stereocenters. The highest BCUT2D eigenvalue weighted by Crippen LogP contribution is 2.32. The van der Waals surface area contributed by atoms with Gasteiger partial charge in [-0.2, -0.15) is 0 Å². The summed E-state index contributed by atoms with van der Waals surface area (Å²) >= 11 is 0. The quantitative estimate of drug-likeness (QED) is 0.773. The molecule has 2 N–H and O–H groups in total. The molecule has 0 aromatic carbocycles. The zero-order chi connectivity index (χ0) is 13.9. The van der Waals surface area contributed by atoms with Crippen LogP contribution in [-0.2, 0) is 9.53 Å². The number of hydrogen-bond donors (Lipinski definition) is 2. The lowest BCUT2D eigenvalue weighted by molar-refractivity contribution is -0.123. The monoisotopic (exact) mass is 268 g/mol. The molecule has 2 aliphatic heterocycles. The van der Waals surface area contributed by atoms with E-state index in [9.17, 15) is 4.79 Å². The number of ether oxygens (including phenoxy) is 1. The fraction of sp³-hybridized carbons (Fsp3) is 0.933. The third kappa shape index (κ3) is 4.46. The summed E-state index contributed by atoms with van der Waals surface area (Å²) in [4.78, 5) is 12.0. The number of rotatable bonds is 6. The van der Waals surface area contributed by atoms with Crippen molar-refractivity contribution < 1.29 is 9.53 Å². The summed E-state index contributed by atoms with van der Waals surface area (Å²) in [5, 5.41) is 6.64. The fourth-order valence-electron chi connectivity index (χ4n) is 3.43. The minimum Gasteiger partial charge on any atom is -0.374 e. The lowest BCUT2D eigenvalue weighted by Crippen LogP contribution is -2.43. The zero-order valence-electron chi connectivity index (χ0n) is 12.5. The predicted octanol–water partition coefficient (Wildman–Crippen LogP) is 1.84. The van der Waals surface area contributed by atoms with Gasteiger partial charge < -0.3 is 15.4 Å². The SMILES string of the molecule is CCOC(C)(C)CNC(=O)CC1CC2CCC(C1)N2. The van der Waals surface area contributed by atoms with E-state index < -0.39 is 0 Å². The normalized spacial score (nSPS) is 30.4. The molecule has 2 heterocycles. The summed E-state index contributed by atoms with van der Waals surface area (Å²) in [6.45, 7) is 7.29. The predicted molar refractivity (Wildman–Crippen MR) is 76.0 cm³/mol. The average molecular weight is 268 g/mol. The van der Waals surface area contributed by atoms with Crippen LogP contribution in [0.2, 0.25) is 0 Å². The van der Waals surface area contributed by atoms with E-state index in [1.165, 1.54) is 25.7 Å². The van der Waals surface area contributed by atoms with Crippen LogP contribution in [0.3, 0.4) is 0 Å². The van der Waals surface area contributed by atoms with Crippen molar-refractivity contribution in [3.63, 3.8) is 0 Å². The topological polar surface area (TPSA) is 50.4 Å². The van der Waals surface area contributed by atoms with Crippen LogP contribution in [0.1, 0.15) is 52.9 Å². The van der Waals surface area contributed by atoms with Crippen LogP contribution in [0.5, 0.6) is 0 Å². The van der Waals surface area contributed by atoms with Crippen LogP contribution >= 0.6 is 0 Å². The molecule has 0 spiro atoms. The van der Waals surface area contributed by atoms with E-state index in [0.29, 0.717) is 37.6 Å². The molecule has 2 saturated heterocycles. The van der Waals surface area contributed by atoms with Crippen molar-refractivity contribution in [1.29, 1.82) is 0 Å². The van der Waals surface area contributed by atoms with Crippen LogP contribution in [0, 0.1) is 5.92 Å². The highest BCUT2D eigenvalue weighted by Gasteiger charge is 2.34. The maximum absolute atomic E-state index is 12.0. The Morgan fingerprint density at radius 2 is 1.95 bits per heavy atom. The van der Waals surface area contributed by atoms with Gasteiger partial charge >= 0.3 is 0 Å². The molecule has 4 heteroatoms. The van der Waals surface area contributed by atoms with E-state index in [0.717, 1.165) is 0 Å². The highest BCUT2D eigenvalue weighted by atomic mass is 16.5. The van der Waals surface area contributed by atoms with Crippen molar-refractivity contribution in [1.82, 2.24) is 10.6 Å². The lowest BCUT2D eigenvalue weighted by atomic mass is 9.89. The summed E-state index contributed by atoms with van der Waals surface area (Å²) in [6.07, 6.45) is 5.59. The molecule has 4 nitrogen and oxygen atoms in total. The smallest absolute Gasteiger partial charge is 0.220 e. The van der Waals surface area contributed by atoms with Gasteiger partial charge in [-0.25, -0.2) is 0 Å². The summed E-state index contributed by atoms with van der Waals surface area (Å²) in [5.41, 5.74) is -0.266. The van der Waals surface area contributed by atoms with Gasteiger partial charge in [0.1, 0.15) is 0 Å². The minimum atomic E-state index is -0.266. The number of piperidine rings is 1. The first-order valence-electron chi connectivity index (χ1n) is 7.65. The molecule has 1 amide bonds. The van der Waals surface area contributed by atoms with Gasteiger partial charge in [0.25, 0.3) is 0 Å². The molecule has 0 aromatic rings. The first-order chi connectivity index (χ1) is 8.98. The Hall–Kier alpha value is -0.610. The van der Waals surface area contributed by atoms with Crippen molar-refractivity contribution >= 4 is 5.91 Å². The van der Waals surface area contributed by atoms with Gasteiger partial charge in [-0.05, 0) is 52.4 Å². The Labute approximate surface area is 116 Å². The Morgan fingerprint density at radius 1 is 1.32 bits per heavy atom. The third-order valence-corrected chi connectivity index (χ3v) is 4.29. The molecule has 19 heavy (non-hydrogen) atoms. The molecule has 0 radical (unpaired) electrons. The lowest BCUT2D eigenvalue weighted by Gasteiger charge is -2.29. The summed E-state index contributed by atoms with van der Waals surface area (Å²) in [7, 11) is 0. The van der Waals surface area contributed by atoms with Gasteiger partial charge in [0, 0.05) is 31.7 Å². The molecular formula is C15H28N2O2. The van der Waals surface area contributed by atoms with Gasteiger partial charge in [0.15, 0.2) is 0 Å². The average Bonchev–Trinajstić information content (AvgIpc) is 2.66. The van der Waals surface area contributed by atoms with E-state index in [1.807, 2.05) is 20.8 Å². The first kappa shape index (κ1) is 14.8. The Bertz CT molecular complexity index is 305. The van der Waals surface area contributed by atoms with E-state index in [-0.39, 0.29) is 11.5 Å². The second-order valence-electron chi connectivity index (χ2n) is 6.65. The zero-order valence-corrected chi connectivity index (χ0v) is 12.5. The van der Waals surface area contributed by atoms with E-state index in [2.05, 4.69) is 10.6 Å². The molecule has 2 aliphatic rings. The van der Waals surface area contributed by atoms with E-state index in [1.54, 1.807) is 0 Å². The molecule has 2 fully saturated rings. The van der Waals surface area contributed by atoms with Crippen LogP contribution in [-0.4, -0.2) is 36.7 Å². The van der Waals surface area contributed by atoms with Crippen molar-refractivity contribution in [3.8, 4) is 0 Å². The number of nitrogens with one attached hydrogen (secondary N) is 2. The van der Waals surface area contributed by atoms with Crippen LogP contribution in [0.4, 0.5) is 0 Å². The third-order valence-electron chi connectivity index (χ3n) is 4.29.